The Kier molecular flexibility index (Phi) is 3.26. The molecule has 4 nitrogen and oxygen atoms in total. The van der Waals surface area contributed by atoms with E-state index >= 15 is 0 Å². The molecule has 3 rings (SSSR count). The summed E-state index contributed by atoms with van der Waals surface area (Å²) in [4.78, 5) is 7.96. The monoisotopic (exact) mass is 306 g/mol. The third kappa shape index (κ3) is 2.55. The Labute approximate surface area is 121 Å². The summed E-state index contributed by atoms with van der Waals surface area (Å²) >= 11 is 1.02. The molecule has 0 fully saturated rings. The maximum absolute atomic E-state index is 13.5. The topological polar surface area (TPSA) is 65.7 Å². The Morgan fingerprint density at radius 1 is 1.19 bits per heavy atom. The Balaban J connectivity index is 2.00. The van der Waals surface area contributed by atoms with Gasteiger partial charge in [-0.1, -0.05) is 17.4 Å². The minimum Gasteiger partial charge on any atom is -0.504 e. The lowest BCUT2D eigenvalue weighted by Crippen LogP contribution is -1.82. The van der Waals surface area contributed by atoms with Gasteiger partial charge >= 0.3 is 0 Å². The van der Waals surface area contributed by atoms with Gasteiger partial charge < -0.3 is 10.2 Å². The van der Waals surface area contributed by atoms with E-state index in [2.05, 4.69) is 9.98 Å². The van der Waals surface area contributed by atoms with Crippen LogP contribution in [-0.2, 0) is 0 Å². The van der Waals surface area contributed by atoms with Crippen LogP contribution in [0.1, 0.15) is 5.56 Å². The smallest absolute Gasteiger partial charge is 0.210 e. The van der Waals surface area contributed by atoms with Gasteiger partial charge in [-0.2, -0.15) is 0 Å². The van der Waals surface area contributed by atoms with Crippen molar-refractivity contribution in [2.45, 2.75) is 0 Å². The summed E-state index contributed by atoms with van der Waals surface area (Å²) in [6.07, 6.45) is 1.29. The van der Waals surface area contributed by atoms with Crippen LogP contribution in [0, 0.1) is 11.6 Å². The van der Waals surface area contributed by atoms with E-state index in [1.54, 1.807) is 12.1 Å². The molecule has 0 atom stereocenters. The maximum Gasteiger partial charge on any atom is 0.210 e. The number of aromatic nitrogens is 1. The van der Waals surface area contributed by atoms with Crippen LogP contribution in [0.25, 0.3) is 10.2 Å². The summed E-state index contributed by atoms with van der Waals surface area (Å²) in [5.41, 5.74) is 0.342. The predicted octanol–water partition coefficient (Wildman–Crippen LogP) is 3.74. The van der Waals surface area contributed by atoms with Crippen molar-refractivity contribution in [1.29, 1.82) is 0 Å². The third-order valence-electron chi connectivity index (χ3n) is 2.76. The number of para-hydroxylation sites is 1. The Morgan fingerprint density at radius 3 is 2.81 bits per heavy atom. The van der Waals surface area contributed by atoms with Gasteiger partial charge in [0, 0.05) is 17.8 Å². The second kappa shape index (κ2) is 5.10. The zero-order valence-corrected chi connectivity index (χ0v) is 11.2. The average Bonchev–Trinajstić information content (AvgIpc) is 2.83. The molecule has 0 aliphatic rings. The molecule has 7 heteroatoms. The molecular formula is C14H8F2N2O2S. The highest BCUT2D eigenvalue weighted by molar-refractivity contribution is 7.22. The maximum atomic E-state index is 13.5. The minimum absolute atomic E-state index is 0.0497. The number of aliphatic imine (C=N–C) groups is 1. The van der Waals surface area contributed by atoms with Gasteiger partial charge in [-0.05, 0) is 18.2 Å². The number of rotatable bonds is 2. The molecule has 0 amide bonds. The molecule has 1 heterocycles. The van der Waals surface area contributed by atoms with Gasteiger partial charge in [0.15, 0.2) is 17.3 Å². The van der Waals surface area contributed by atoms with Crippen LogP contribution in [0.3, 0.4) is 0 Å². The summed E-state index contributed by atoms with van der Waals surface area (Å²) in [6.45, 7) is 0. The number of hydrogen-bond acceptors (Lipinski definition) is 5. The van der Waals surface area contributed by atoms with Crippen molar-refractivity contribution in [2.24, 2.45) is 4.99 Å². The minimum atomic E-state index is -0.747. The zero-order chi connectivity index (χ0) is 15.0. The van der Waals surface area contributed by atoms with Crippen molar-refractivity contribution in [3.05, 3.63) is 47.5 Å². The van der Waals surface area contributed by atoms with E-state index in [1.165, 1.54) is 18.3 Å². The molecule has 0 unspecified atom stereocenters. The molecule has 0 radical (unpaired) electrons. The highest BCUT2D eigenvalue weighted by Crippen LogP contribution is 2.31. The van der Waals surface area contributed by atoms with E-state index in [4.69, 9.17) is 0 Å². The van der Waals surface area contributed by atoms with Gasteiger partial charge in [0.2, 0.25) is 5.13 Å². The summed E-state index contributed by atoms with van der Waals surface area (Å²) in [5.74, 6) is -2.00. The number of aromatic hydroxyl groups is 2. The van der Waals surface area contributed by atoms with Crippen LogP contribution < -0.4 is 0 Å². The van der Waals surface area contributed by atoms with Crippen molar-refractivity contribution in [1.82, 2.24) is 4.98 Å². The van der Waals surface area contributed by atoms with E-state index in [1.807, 2.05) is 0 Å². The van der Waals surface area contributed by atoms with Gasteiger partial charge in [0.25, 0.3) is 0 Å². The normalized spacial score (nSPS) is 11.5. The molecule has 1 aromatic heterocycles. The highest BCUT2D eigenvalue weighted by Gasteiger charge is 2.10. The lowest BCUT2D eigenvalue weighted by Gasteiger charge is -1.99. The first-order valence-corrected chi connectivity index (χ1v) is 6.67. The molecular weight excluding hydrogens is 298 g/mol. The third-order valence-corrected chi connectivity index (χ3v) is 3.67. The van der Waals surface area contributed by atoms with Crippen molar-refractivity contribution < 1.29 is 19.0 Å². The van der Waals surface area contributed by atoms with Gasteiger partial charge in [-0.15, -0.1) is 0 Å². The van der Waals surface area contributed by atoms with E-state index in [0.29, 0.717) is 10.3 Å². The number of halogens is 2. The first-order valence-electron chi connectivity index (χ1n) is 5.85. The first-order chi connectivity index (χ1) is 10.0. The van der Waals surface area contributed by atoms with E-state index < -0.39 is 11.6 Å². The largest absolute Gasteiger partial charge is 0.504 e. The number of phenolic OH excluding ortho intramolecular Hbond substituents is 2. The fourth-order valence-corrected chi connectivity index (χ4v) is 2.63. The molecule has 3 aromatic rings. The number of phenols is 2. The number of thiazole rings is 1. The van der Waals surface area contributed by atoms with Crippen LogP contribution in [0.5, 0.6) is 11.5 Å². The van der Waals surface area contributed by atoms with Gasteiger partial charge in [-0.25, -0.2) is 18.8 Å². The van der Waals surface area contributed by atoms with E-state index in [9.17, 15) is 19.0 Å². The fourth-order valence-electron chi connectivity index (χ4n) is 1.78. The molecule has 106 valence electrons. The summed E-state index contributed by atoms with van der Waals surface area (Å²) < 4.78 is 27.0. The van der Waals surface area contributed by atoms with Gasteiger partial charge in [0.1, 0.15) is 11.3 Å². The summed E-state index contributed by atoms with van der Waals surface area (Å²) in [5, 5.41) is 19.2. The standard InChI is InChI=1S/C14H8F2N2O2S/c15-8-4-9(16)12-11(5-8)21-14(18-12)17-6-7-2-1-3-10(19)13(7)20/h1-6,19-20H. The lowest BCUT2D eigenvalue weighted by atomic mass is 10.2. The quantitative estimate of drug-likeness (QED) is 0.560. The van der Waals surface area contributed by atoms with Crippen LogP contribution in [-0.4, -0.2) is 21.4 Å². The van der Waals surface area contributed by atoms with Crippen molar-refractivity contribution in [3.8, 4) is 11.5 Å². The molecule has 2 N–H and O–H groups in total. The molecule has 21 heavy (non-hydrogen) atoms. The van der Waals surface area contributed by atoms with E-state index in [0.717, 1.165) is 17.4 Å². The van der Waals surface area contributed by atoms with Crippen molar-refractivity contribution in [2.75, 3.05) is 0 Å². The SMILES string of the molecule is Oc1cccc(C=Nc2nc3c(F)cc(F)cc3s2)c1O. The molecule has 0 saturated carbocycles. The molecule has 0 saturated heterocycles. The first kappa shape index (κ1) is 13.4. The molecule has 0 aliphatic heterocycles. The Morgan fingerprint density at radius 2 is 2.00 bits per heavy atom. The second-order valence-electron chi connectivity index (χ2n) is 4.20. The van der Waals surface area contributed by atoms with Crippen LogP contribution in [0.4, 0.5) is 13.9 Å². The molecule has 0 aliphatic carbocycles. The highest BCUT2D eigenvalue weighted by atomic mass is 32.1. The van der Waals surface area contributed by atoms with Crippen molar-refractivity contribution in [3.63, 3.8) is 0 Å². The molecule has 2 aromatic carbocycles. The van der Waals surface area contributed by atoms with Crippen LogP contribution in [0.15, 0.2) is 35.3 Å². The summed E-state index contributed by atoms with van der Waals surface area (Å²) in [6, 6.07) is 6.37. The molecule has 0 spiro atoms. The van der Waals surface area contributed by atoms with Crippen molar-refractivity contribution >= 4 is 32.9 Å². The molecule has 0 bridgehead atoms. The second-order valence-corrected chi connectivity index (χ2v) is 5.21. The average molecular weight is 306 g/mol. The van der Waals surface area contributed by atoms with Gasteiger partial charge in [-0.3, -0.25) is 0 Å². The van der Waals surface area contributed by atoms with Crippen LogP contribution >= 0.6 is 11.3 Å². The van der Waals surface area contributed by atoms with Crippen LogP contribution in [0.2, 0.25) is 0 Å². The number of nitrogens with zero attached hydrogens (tertiary/aromatic N) is 2. The van der Waals surface area contributed by atoms with E-state index in [-0.39, 0.29) is 22.1 Å². The lowest BCUT2D eigenvalue weighted by molar-refractivity contribution is 0.403. The number of fused-ring (bicyclic) bond motifs is 1. The zero-order valence-electron chi connectivity index (χ0n) is 10.4. The Hall–Kier alpha value is -2.54. The predicted molar refractivity (Wildman–Crippen MR) is 76.6 cm³/mol. The number of benzene rings is 2. The summed E-state index contributed by atoms with van der Waals surface area (Å²) in [7, 11) is 0. The van der Waals surface area contributed by atoms with Gasteiger partial charge in [0.05, 0.1) is 4.70 Å². The fraction of sp³-hybridized carbons (Fsp3) is 0. The Bertz CT molecular complexity index is 862. The number of hydrogen-bond donors (Lipinski definition) is 2.